The summed E-state index contributed by atoms with van der Waals surface area (Å²) < 4.78 is 30.8. The number of hydrogen-bond acceptors (Lipinski definition) is 3. The molecule has 0 amide bonds. The van der Waals surface area contributed by atoms with E-state index in [1.165, 1.54) is 0 Å². The average molecular weight is 303 g/mol. The van der Waals surface area contributed by atoms with Gasteiger partial charge < -0.3 is 0 Å². The monoisotopic (exact) mass is 303 g/mol. The summed E-state index contributed by atoms with van der Waals surface area (Å²) in [5, 5.41) is 0. The first-order chi connectivity index (χ1) is 10.0. The van der Waals surface area contributed by atoms with Crippen LogP contribution in [0.2, 0.25) is 0 Å². The lowest BCUT2D eigenvalue weighted by molar-refractivity contribution is 0.478. The van der Waals surface area contributed by atoms with Crippen molar-refractivity contribution in [3.8, 4) is 0 Å². The van der Waals surface area contributed by atoms with Crippen molar-refractivity contribution in [2.45, 2.75) is 12.5 Å². The largest absolute Gasteiger partial charge is 0.286 e. The van der Waals surface area contributed by atoms with Gasteiger partial charge in [-0.05, 0) is 17.5 Å². The predicted octanol–water partition coefficient (Wildman–Crippen LogP) is 3.12. The van der Waals surface area contributed by atoms with Crippen molar-refractivity contribution in [2.75, 3.05) is 5.75 Å². The van der Waals surface area contributed by atoms with Crippen molar-refractivity contribution >= 4 is 16.3 Å². The van der Waals surface area contributed by atoms with E-state index >= 15 is 0 Å². The van der Waals surface area contributed by atoms with Crippen LogP contribution in [0.15, 0.2) is 65.7 Å². The second kappa shape index (κ2) is 7.15. The average Bonchev–Trinajstić information content (AvgIpc) is 2.48. The second-order valence-corrected chi connectivity index (χ2v) is 6.26. The number of nitrogens with zero attached hydrogens (tertiary/aromatic N) is 1. The van der Waals surface area contributed by atoms with Crippen LogP contribution in [0.25, 0.3) is 0 Å². The van der Waals surface area contributed by atoms with Crippen LogP contribution in [-0.4, -0.2) is 24.9 Å². The molecular formula is C16H17NO3S. The Morgan fingerprint density at radius 2 is 1.57 bits per heavy atom. The topological polar surface area (TPSA) is 66.7 Å². The van der Waals surface area contributed by atoms with E-state index in [-0.39, 0.29) is 18.2 Å². The molecule has 0 spiro atoms. The fourth-order valence-corrected chi connectivity index (χ4v) is 2.50. The molecule has 0 heterocycles. The highest BCUT2D eigenvalue weighted by Gasteiger charge is 2.13. The van der Waals surface area contributed by atoms with Gasteiger partial charge >= 0.3 is 0 Å². The smallest absolute Gasteiger partial charge is 0.264 e. The molecule has 2 rings (SSSR count). The molecule has 2 aromatic rings. The Bertz CT molecular complexity index is 682. The maximum Gasteiger partial charge on any atom is 0.264 e. The molecule has 0 bridgehead atoms. The molecule has 0 aliphatic heterocycles. The highest BCUT2D eigenvalue weighted by Crippen LogP contribution is 2.21. The zero-order valence-corrected chi connectivity index (χ0v) is 12.3. The molecule has 0 aromatic heterocycles. The SMILES string of the molecule is O=S(=O)(O)CC[C@@H](N=Cc1ccccc1)c1ccccc1. The van der Waals surface area contributed by atoms with E-state index in [4.69, 9.17) is 4.55 Å². The van der Waals surface area contributed by atoms with Gasteiger partial charge in [0.15, 0.2) is 0 Å². The molecule has 1 N–H and O–H groups in total. The molecule has 1 atom stereocenters. The molecule has 2 aromatic carbocycles. The summed E-state index contributed by atoms with van der Waals surface area (Å²) in [4.78, 5) is 4.47. The van der Waals surface area contributed by atoms with Gasteiger partial charge in [-0.15, -0.1) is 0 Å². The van der Waals surface area contributed by atoms with Gasteiger partial charge in [0.2, 0.25) is 0 Å². The molecule has 0 unspecified atom stereocenters. The summed E-state index contributed by atoms with van der Waals surface area (Å²) in [6, 6.07) is 18.8. The van der Waals surface area contributed by atoms with E-state index in [1.807, 2.05) is 60.7 Å². The lowest BCUT2D eigenvalue weighted by Gasteiger charge is -2.12. The lowest BCUT2D eigenvalue weighted by atomic mass is 10.1. The van der Waals surface area contributed by atoms with Crippen molar-refractivity contribution in [1.29, 1.82) is 0 Å². The molecule has 0 saturated heterocycles. The van der Waals surface area contributed by atoms with Gasteiger partial charge in [0.05, 0.1) is 11.8 Å². The van der Waals surface area contributed by atoms with Crippen molar-refractivity contribution in [2.24, 2.45) is 4.99 Å². The van der Waals surface area contributed by atoms with Crippen LogP contribution < -0.4 is 0 Å². The third-order valence-electron chi connectivity index (χ3n) is 3.04. The fourth-order valence-electron chi connectivity index (χ4n) is 1.98. The quantitative estimate of drug-likeness (QED) is 0.658. The zero-order valence-electron chi connectivity index (χ0n) is 11.5. The maximum absolute atomic E-state index is 10.9. The van der Waals surface area contributed by atoms with E-state index < -0.39 is 10.1 Å². The minimum Gasteiger partial charge on any atom is -0.286 e. The van der Waals surface area contributed by atoms with E-state index in [9.17, 15) is 8.42 Å². The first-order valence-corrected chi connectivity index (χ1v) is 8.24. The third kappa shape index (κ3) is 5.49. The van der Waals surface area contributed by atoms with Crippen LogP contribution in [0.3, 0.4) is 0 Å². The number of rotatable bonds is 6. The second-order valence-electron chi connectivity index (χ2n) is 4.69. The molecule has 5 heteroatoms. The summed E-state index contributed by atoms with van der Waals surface area (Å²) in [6.07, 6.45) is 1.97. The van der Waals surface area contributed by atoms with E-state index in [2.05, 4.69) is 4.99 Å². The van der Waals surface area contributed by atoms with Crippen molar-refractivity contribution in [3.05, 3.63) is 71.8 Å². The third-order valence-corrected chi connectivity index (χ3v) is 3.79. The fraction of sp³-hybridized carbons (Fsp3) is 0.188. The number of aliphatic imine (C=N–C) groups is 1. The van der Waals surface area contributed by atoms with Crippen LogP contribution >= 0.6 is 0 Å². The summed E-state index contributed by atoms with van der Waals surface area (Å²) in [5.74, 6) is -0.307. The Balaban J connectivity index is 2.18. The van der Waals surface area contributed by atoms with Crippen LogP contribution in [0, 0.1) is 0 Å². The molecule has 0 radical (unpaired) electrons. The van der Waals surface area contributed by atoms with E-state index in [0.717, 1.165) is 11.1 Å². The molecule has 21 heavy (non-hydrogen) atoms. The molecule has 0 saturated carbocycles. The van der Waals surface area contributed by atoms with Gasteiger partial charge in [0.25, 0.3) is 10.1 Å². The van der Waals surface area contributed by atoms with Gasteiger partial charge in [-0.1, -0.05) is 60.7 Å². The van der Waals surface area contributed by atoms with E-state index in [1.54, 1.807) is 6.21 Å². The van der Waals surface area contributed by atoms with Crippen molar-refractivity contribution in [3.63, 3.8) is 0 Å². The first kappa shape index (κ1) is 15.4. The number of hydrogen-bond donors (Lipinski definition) is 1. The lowest BCUT2D eigenvalue weighted by Crippen LogP contribution is -2.08. The highest BCUT2D eigenvalue weighted by atomic mass is 32.2. The van der Waals surface area contributed by atoms with Crippen LogP contribution in [0.5, 0.6) is 0 Å². The van der Waals surface area contributed by atoms with Crippen LogP contribution in [-0.2, 0) is 10.1 Å². The maximum atomic E-state index is 10.9. The normalized spacial score (nSPS) is 13.4. The molecule has 4 nitrogen and oxygen atoms in total. The van der Waals surface area contributed by atoms with Crippen molar-refractivity contribution in [1.82, 2.24) is 0 Å². The van der Waals surface area contributed by atoms with Gasteiger partial charge in [-0.25, -0.2) is 0 Å². The molecule has 0 aliphatic rings. The van der Waals surface area contributed by atoms with Crippen molar-refractivity contribution < 1.29 is 13.0 Å². The molecule has 0 fully saturated rings. The van der Waals surface area contributed by atoms with Gasteiger partial charge in [-0.3, -0.25) is 9.55 Å². The van der Waals surface area contributed by atoms with Crippen LogP contribution in [0.4, 0.5) is 0 Å². The molecular weight excluding hydrogens is 286 g/mol. The Hall–Kier alpha value is -1.98. The summed E-state index contributed by atoms with van der Waals surface area (Å²) >= 11 is 0. The molecule has 0 aliphatic carbocycles. The summed E-state index contributed by atoms with van der Waals surface area (Å²) in [7, 11) is -3.98. The van der Waals surface area contributed by atoms with Gasteiger partial charge in [-0.2, -0.15) is 8.42 Å². The van der Waals surface area contributed by atoms with Crippen LogP contribution in [0.1, 0.15) is 23.6 Å². The minimum absolute atomic E-state index is 0.242. The Morgan fingerprint density at radius 1 is 1.00 bits per heavy atom. The minimum atomic E-state index is -3.98. The Morgan fingerprint density at radius 3 is 2.14 bits per heavy atom. The summed E-state index contributed by atoms with van der Waals surface area (Å²) in [6.45, 7) is 0. The first-order valence-electron chi connectivity index (χ1n) is 6.63. The summed E-state index contributed by atoms with van der Waals surface area (Å²) in [5.41, 5.74) is 1.87. The predicted molar refractivity (Wildman–Crippen MR) is 84.3 cm³/mol. The standard InChI is InChI=1S/C16H17NO3S/c18-21(19,20)12-11-16(15-9-5-2-6-10-15)17-13-14-7-3-1-4-8-14/h1-10,13,16H,11-12H2,(H,18,19,20)/t16-/m1/s1. The van der Waals surface area contributed by atoms with Gasteiger partial charge in [0, 0.05) is 6.21 Å². The number of benzene rings is 2. The zero-order chi connectivity index (χ0) is 15.1. The highest BCUT2D eigenvalue weighted by molar-refractivity contribution is 7.85. The Kier molecular flexibility index (Phi) is 5.25. The van der Waals surface area contributed by atoms with Gasteiger partial charge in [0.1, 0.15) is 0 Å². The Labute approximate surface area is 124 Å². The molecule has 110 valence electrons. The van der Waals surface area contributed by atoms with E-state index in [0.29, 0.717) is 0 Å².